The Morgan fingerprint density at radius 1 is 1.47 bits per heavy atom. The predicted molar refractivity (Wildman–Crippen MR) is 54.2 cm³/mol. The highest BCUT2D eigenvalue weighted by Gasteiger charge is 2.57. The number of nitrogens with zero attached hydrogens (tertiary/aromatic N) is 2. The van der Waals surface area contributed by atoms with Crippen LogP contribution in [0.2, 0.25) is 0 Å². The Bertz CT molecular complexity index is 502. The van der Waals surface area contributed by atoms with Crippen LogP contribution in [0.5, 0.6) is 6.01 Å². The van der Waals surface area contributed by atoms with Gasteiger partial charge in [-0.3, -0.25) is 9.36 Å². The molecule has 4 unspecified atom stereocenters. The molecule has 0 spiro atoms. The van der Waals surface area contributed by atoms with Crippen LogP contribution in [0.1, 0.15) is 6.23 Å². The molecule has 92 valence electrons. The molecule has 1 fully saturated rings. The van der Waals surface area contributed by atoms with E-state index in [0.717, 1.165) is 0 Å². The number of aliphatic hydroxyl groups excluding tert-OH is 3. The largest absolute Gasteiger partial charge is 0.460 e. The molecule has 7 heteroatoms. The highest BCUT2D eigenvalue weighted by Crippen LogP contribution is 2.46. The van der Waals surface area contributed by atoms with Gasteiger partial charge in [0.1, 0.15) is 12.3 Å². The van der Waals surface area contributed by atoms with Crippen molar-refractivity contribution in [2.24, 2.45) is 11.8 Å². The second-order valence-corrected chi connectivity index (χ2v) is 4.37. The lowest BCUT2D eigenvalue weighted by molar-refractivity contribution is -0.226. The maximum atomic E-state index is 11.1. The van der Waals surface area contributed by atoms with E-state index in [9.17, 15) is 15.0 Å². The summed E-state index contributed by atoms with van der Waals surface area (Å²) >= 11 is 0. The monoisotopic (exact) mass is 240 g/mol. The van der Waals surface area contributed by atoms with Crippen LogP contribution in [-0.4, -0.2) is 43.7 Å². The van der Waals surface area contributed by atoms with Gasteiger partial charge < -0.3 is 20.1 Å². The first-order valence-electron chi connectivity index (χ1n) is 5.36. The van der Waals surface area contributed by atoms with Gasteiger partial charge in [-0.1, -0.05) is 0 Å². The molecule has 7 nitrogen and oxygen atoms in total. The van der Waals surface area contributed by atoms with E-state index >= 15 is 0 Å². The van der Waals surface area contributed by atoms with E-state index in [0.29, 0.717) is 0 Å². The summed E-state index contributed by atoms with van der Waals surface area (Å²) in [5.74, 6) is -0.940. The second-order valence-electron chi connectivity index (χ2n) is 4.37. The molecule has 5 atom stereocenters. The lowest BCUT2D eigenvalue weighted by Gasteiger charge is -2.52. The molecule has 0 saturated heterocycles. The van der Waals surface area contributed by atoms with E-state index in [1.54, 1.807) is 0 Å². The van der Waals surface area contributed by atoms with Crippen molar-refractivity contribution in [3.05, 3.63) is 22.6 Å². The molecule has 3 rings (SSSR count). The molecular formula is C10H12N2O5. The maximum Gasteiger partial charge on any atom is 0.302 e. The fourth-order valence-electron chi connectivity index (χ4n) is 2.53. The molecule has 2 heterocycles. The predicted octanol–water partition coefficient (Wildman–Crippen LogP) is -1.91. The van der Waals surface area contributed by atoms with E-state index in [-0.39, 0.29) is 12.6 Å². The van der Waals surface area contributed by atoms with Gasteiger partial charge in [-0.2, -0.15) is 4.98 Å². The minimum Gasteiger partial charge on any atom is -0.460 e. The Kier molecular flexibility index (Phi) is 2.22. The minimum absolute atomic E-state index is 0.0246. The Hall–Kier alpha value is -1.44. The Balaban J connectivity index is 2.01. The molecule has 3 N–H and O–H groups in total. The smallest absolute Gasteiger partial charge is 0.302 e. The van der Waals surface area contributed by atoms with Gasteiger partial charge in [-0.05, 0) is 0 Å². The molecule has 0 bridgehead atoms. The minimum atomic E-state index is -0.991. The SMILES string of the molecule is O=c1ccn2c(n1)OC1C(C(O)[C@H]1CO)C2O. The summed E-state index contributed by atoms with van der Waals surface area (Å²) in [5.41, 5.74) is -0.456. The molecule has 1 aliphatic carbocycles. The quantitative estimate of drug-likeness (QED) is 0.529. The van der Waals surface area contributed by atoms with Crippen molar-refractivity contribution < 1.29 is 20.1 Å². The third-order valence-electron chi connectivity index (χ3n) is 3.52. The maximum absolute atomic E-state index is 11.1. The van der Waals surface area contributed by atoms with E-state index in [2.05, 4.69) is 4.98 Å². The van der Waals surface area contributed by atoms with Crippen LogP contribution >= 0.6 is 0 Å². The average Bonchev–Trinajstić information content (AvgIpc) is 2.28. The molecule has 2 aliphatic rings. The van der Waals surface area contributed by atoms with Crippen LogP contribution in [0.3, 0.4) is 0 Å². The summed E-state index contributed by atoms with van der Waals surface area (Å²) in [6, 6.07) is 1.24. The number of fused-ring (bicyclic) bond motifs is 2. The first-order chi connectivity index (χ1) is 8.13. The molecule has 1 aliphatic heterocycles. The van der Waals surface area contributed by atoms with Gasteiger partial charge in [0.25, 0.3) is 5.56 Å². The van der Waals surface area contributed by atoms with Gasteiger partial charge >= 0.3 is 6.01 Å². The van der Waals surface area contributed by atoms with Gasteiger partial charge in [-0.25, -0.2) is 0 Å². The van der Waals surface area contributed by atoms with Crippen molar-refractivity contribution in [1.82, 2.24) is 9.55 Å². The first kappa shape index (κ1) is 10.7. The molecule has 1 aromatic rings. The number of ether oxygens (including phenoxy) is 1. The Morgan fingerprint density at radius 2 is 2.24 bits per heavy atom. The summed E-state index contributed by atoms with van der Waals surface area (Å²) < 4.78 is 6.73. The average molecular weight is 240 g/mol. The Labute approximate surface area is 95.9 Å². The topological polar surface area (TPSA) is 105 Å². The number of hydrogen-bond acceptors (Lipinski definition) is 6. The standard InChI is InChI=1S/C10H12N2O5/c13-3-4-7(15)6-8(4)17-10-11-5(14)1-2-12(10)9(6)16/h1-2,4,6-9,13,15-16H,3H2/t4-,6?,7?,8?,9?/m1/s1. The number of aromatic nitrogens is 2. The third-order valence-corrected chi connectivity index (χ3v) is 3.52. The van der Waals surface area contributed by atoms with Gasteiger partial charge in [-0.15, -0.1) is 0 Å². The lowest BCUT2D eigenvalue weighted by Crippen LogP contribution is -2.64. The lowest BCUT2D eigenvalue weighted by atomic mass is 9.67. The summed E-state index contributed by atoms with van der Waals surface area (Å²) in [5, 5.41) is 28.9. The van der Waals surface area contributed by atoms with Crippen molar-refractivity contribution >= 4 is 0 Å². The fraction of sp³-hybridized carbons (Fsp3) is 0.600. The van der Waals surface area contributed by atoms with Crippen LogP contribution in [-0.2, 0) is 0 Å². The van der Waals surface area contributed by atoms with Crippen molar-refractivity contribution in [3.8, 4) is 6.01 Å². The number of aliphatic hydroxyl groups is 3. The van der Waals surface area contributed by atoms with E-state index in [1.165, 1.54) is 16.8 Å². The number of rotatable bonds is 1. The summed E-state index contributed by atoms with van der Waals surface area (Å²) in [6.45, 7) is -0.230. The molecule has 0 amide bonds. The molecule has 17 heavy (non-hydrogen) atoms. The zero-order valence-electron chi connectivity index (χ0n) is 8.80. The molecule has 1 saturated carbocycles. The van der Waals surface area contributed by atoms with Crippen molar-refractivity contribution in [2.75, 3.05) is 6.61 Å². The van der Waals surface area contributed by atoms with Gasteiger partial charge in [0.2, 0.25) is 0 Å². The van der Waals surface area contributed by atoms with Crippen LogP contribution in [0.25, 0.3) is 0 Å². The number of hydrogen-bond donors (Lipinski definition) is 3. The van der Waals surface area contributed by atoms with Gasteiger partial charge in [0.05, 0.1) is 18.6 Å². The van der Waals surface area contributed by atoms with Crippen LogP contribution < -0.4 is 10.3 Å². The first-order valence-corrected chi connectivity index (χ1v) is 5.36. The zero-order valence-corrected chi connectivity index (χ0v) is 8.80. The molecule has 0 aromatic carbocycles. The van der Waals surface area contributed by atoms with Crippen molar-refractivity contribution in [1.29, 1.82) is 0 Å². The normalized spacial score (nSPS) is 38.6. The highest BCUT2D eigenvalue weighted by molar-refractivity contribution is 5.12. The van der Waals surface area contributed by atoms with Gasteiger partial charge in [0, 0.05) is 18.2 Å². The van der Waals surface area contributed by atoms with Crippen LogP contribution in [0.4, 0.5) is 0 Å². The van der Waals surface area contributed by atoms with E-state index in [4.69, 9.17) is 9.84 Å². The van der Waals surface area contributed by atoms with Crippen LogP contribution in [0.15, 0.2) is 17.1 Å². The molecule has 0 radical (unpaired) electrons. The summed E-state index contributed by atoms with van der Waals surface area (Å²) in [4.78, 5) is 14.7. The summed E-state index contributed by atoms with van der Waals surface area (Å²) in [7, 11) is 0. The van der Waals surface area contributed by atoms with Crippen LogP contribution in [0, 0.1) is 11.8 Å². The molecule has 1 aromatic heterocycles. The Morgan fingerprint density at radius 3 is 2.94 bits per heavy atom. The van der Waals surface area contributed by atoms with Gasteiger partial charge in [0.15, 0.2) is 0 Å². The summed E-state index contributed by atoms with van der Waals surface area (Å²) in [6.07, 6.45) is -0.925. The third kappa shape index (κ3) is 1.33. The zero-order chi connectivity index (χ0) is 12.2. The van der Waals surface area contributed by atoms with Crippen molar-refractivity contribution in [2.45, 2.75) is 18.4 Å². The van der Waals surface area contributed by atoms with Crippen molar-refractivity contribution in [3.63, 3.8) is 0 Å². The van der Waals surface area contributed by atoms with E-state index in [1.807, 2.05) is 0 Å². The molecular weight excluding hydrogens is 228 g/mol. The second kappa shape index (κ2) is 3.52. The fourth-order valence-corrected chi connectivity index (χ4v) is 2.53. The van der Waals surface area contributed by atoms with E-state index < -0.39 is 35.8 Å². The highest BCUT2D eigenvalue weighted by atomic mass is 16.5.